The SMILES string of the molecule is COc1cc(C=C2SC(=S)N(c3ccc(C)c(C)c3)C2=O)ccc1Oc1ccc([N+](=O)[O-])cn1. The fourth-order valence-electron chi connectivity index (χ4n) is 3.22. The monoisotopic (exact) mass is 493 g/mol. The maximum absolute atomic E-state index is 13.1. The number of ether oxygens (including phenoxy) is 2. The van der Waals surface area contributed by atoms with Gasteiger partial charge in [0.15, 0.2) is 15.8 Å². The largest absolute Gasteiger partial charge is 0.493 e. The highest BCUT2D eigenvalue weighted by atomic mass is 32.2. The number of aromatic nitrogens is 1. The van der Waals surface area contributed by atoms with Crippen LogP contribution >= 0.6 is 24.0 Å². The van der Waals surface area contributed by atoms with Gasteiger partial charge in [0, 0.05) is 12.1 Å². The van der Waals surface area contributed by atoms with Crippen LogP contribution in [0.4, 0.5) is 11.4 Å². The zero-order valence-corrected chi connectivity index (χ0v) is 20.1. The topological polar surface area (TPSA) is 94.8 Å². The minimum atomic E-state index is -0.533. The number of thioether (sulfide) groups is 1. The summed E-state index contributed by atoms with van der Waals surface area (Å²) >= 11 is 6.71. The smallest absolute Gasteiger partial charge is 0.287 e. The average Bonchev–Trinajstić information content (AvgIpc) is 3.09. The Morgan fingerprint density at radius 3 is 2.53 bits per heavy atom. The minimum absolute atomic E-state index is 0.132. The summed E-state index contributed by atoms with van der Waals surface area (Å²) in [6.07, 6.45) is 2.87. The Balaban J connectivity index is 1.57. The third-order valence-electron chi connectivity index (χ3n) is 5.17. The predicted octanol–water partition coefficient (Wildman–Crippen LogP) is 5.81. The Bertz CT molecular complexity index is 1340. The second-order valence-electron chi connectivity index (χ2n) is 7.41. The first-order chi connectivity index (χ1) is 16.3. The number of carbonyl (C=O) groups excluding carboxylic acids is 1. The van der Waals surface area contributed by atoms with Crippen LogP contribution in [-0.4, -0.2) is 27.2 Å². The van der Waals surface area contributed by atoms with Crippen molar-refractivity contribution < 1.29 is 19.2 Å². The van der Waals surface area contributed by atoms with Gasteiger partial charge in [-0.2, -0.15) is 0 Å². The van der Waals surface area contributed by atoms with Gasteiger partial charge < -0.3 is 9.47 Å². The molecule has 0 bridgehead atoms. The summed E-state index contributed by atoms with van der Waals surface area (Å²) in [5, 5.41) is 10.8. The number of carbonyl (C=O) groups is 1. The Labute approximate surface area is 205 Å². The molecule has 0 N–H and O–H groups in total. The quantitative estimate of drug-likeness (QED) is 0.184. The van der Waals surface area contributed by atoms with Gasteiger partial charge in [-0.3, -0.25) is 19.8 Å². The third-order valence-corrected chi connectivity index (χ3v) is 6.48. The van der Waals surface area contributed by atoms with Gasteiger partial charge in [0.1, 0.15) is 6.20 Å². The number of rotatable bonds is 6. The summed E-state index contributed by atoms with van der Waals surface area (Å²) in [6, 6.07) is 13.7. The van der Waals surface area contributed by atoms with Crippen molar-refractivity contribution in [2.75, 3.05) is 12.0 Å². The molecule has 8 nitrogen and oxygen atoms in total. The normalized spacial score (nSPS) is 14.6. The minimum Gasteiger partial charge on any atom is -0.493 e. The molecule has 0 atom stereocenters. The molecule has 0 saturated carbocycles. The number of pyridine rings is 1. The van der Waals surface area contributed by atoms with Crippen LogP contribution in [0.2, 0.25) is 0 Å². The van der Waals surface area contributed by atoms with Crippen LogP contribution in [0.25, 0.3) is 6.08 Å². The highest BCUT2D eigenvalue weighted by Gasteiger charge is 2.33. The first kappa shape index (κ1) is 23.4. The van der Waals surface area contributed by atoms with Crippen LogP contribution < -0.4 is 14.4 Å². The molecule has 0 aliphatic carbocycles. The Morgan fingerprint density at radius 2 is 1.88 bits per heavy atom. The Morgan fingerprint density at radius 1 is 1.09 bits per heavy atom. The van der Waals surface area contributed by atoms with Crippen molar-refractivity contribution in [3.63, 3.8) is 0 Å². The van der Waals surface area contributed by atoms with E-state index in [1.807, 2.05) is 32.0 Å². The molecule has 1 fully saturated rings. The number of anilines is 1. The van der Waals surface area contributed by atoms with Crippen molar-refractivity contribution >= 4 is 51.7 Å². The molecule has 2 aromatic carbocycles. The summed E-state index contributed by atoms with van der Waals surface area (Å²) in [5.41, 5.74) is 3.56. The second kappa shape index (κ2) is 9.62. The fourth-order valence-corrected chi connectivity index (χ4v) is 4.52. The third kappa shape index (κ3) is 4.78. The lowest BCUT2D eigenvalue weighted by Crippen LogP contribution is -2.27. The van der Waals surface area contributed by atoms with Crippen molar-refractivity contribution in [3.05, 3.63) is 86.4 Å². The molecule has 34 heavy (non-hydrogen) atoms. The number of aryl methyl sites for hydroxylation is 2. The Kier molecular flexibility index (Phi) is 6.62. The number of nitrogens with zero attached hydrogens (tertiary/aromatic N) is 3. The molecule has 1 aliphatic rings. The van der Waals surface area contributed by atoms with Gasteiger partial charge in [0.05, 0.1) is 22.6 Å². The molecule has 2 heterocycles. The van der Waals surface area contributed by atoms with E-state index in [1.165, 1.54) is 35.9 Å². The van der Waals surface area contributed by atoms with Crippen LogP contribution in [0.1, 0.15) is 16.7 Å². The number of methoxy groups -OCH3 is 1. The predicted molar refractivity (Wildman–Crippen MR) is 136 cm³/mol. The number of hydrogen-bond acceptors (Lipinski definition) is 8. The summed E-state index contributed by atoms with van der Waals surface area (Å²) in [7, 11) is 1.49. The number of nitro groups is 1. The molecule has 1 aromatic heterocycles. The maximum atomic E-state index is 13.1. The molecule has 0 spiro atoms. The van der Waals surface area contributed by atoms with Crippen LogP contribution in [0.3, 0.4) is 0 Å². The molecule has 3 aromatic rings. The molecule has 1 aliphatic heterocycles. The molecule has 172 valence electrons. The number of amides is 1. The fraction of sp³-hybridized carbons (Fsp3) is 0.125. The van der Waals surface area contributed by atoms with E-state index in [-0.39, 0.29) is 17.5 Å². The van der Waals surface area contributed by atoms with Crippen molar-refractivity contribution in [1.29, 1.82) is 0 Å². The van der Waals surface area contributed by atoms with Gasteiger partial charge in [-0.15, -0.1) is 0 Å². The first-order valence-electron chi connectivity index (χ1n) is 10.1. The molecule has 4 rings (SSSR count). The van der Waals surface area contributed by atoms with Gasteiger partial charge in [-0.25, -0.2) is 4.98 Å². The lowest BCUT2D eigenvalue weighted by atomic mass is 10.1. The summed E-state index contributed by atoms with van der Waals surface area (Å²) < 4.78 is 11.6. The van der Waals surface area contributed by atoms with Crippen molar-refractivity contribution in [3.8, 4) is 17.4 Å². The van der Waals surface area contributed by atoms with Crippen molar-refractivity contribution in [2.24, 2.45) is 0 Å². The second-order valence-corrected chi connectivity index (χ2v) is 9.09. The number of benzene rings is 2. The van der Waals surface area contributed by atoms with E-state index < -0.39 is 4.92 Å². The zero-order valence-electron chi connectivity index (χ0n) is 18.5. The Hall–Kier alpha value is -3.76. The highest BCUT2D eigenvalue weighted by Crippen LogP contribution is 2.38. The molecule has 0 radical (unpaired) electrons. The van der Waals surface area contributed by atoms with Gasteiger partial charge in [-0.05, 0) is 60.9 Å². The van der Waals surface area contributed by atoms with E-state index >= 15 is 0 Å². The summed E-state index contributed by atoms with van der Waals surface area (Å²) in [4.78, 5) is 29.3. The van der Waals surface area contributed by atoms with E-state index in [0.717, 1.165) is 28.6 Å². The summed E-state index contributed by atoms with van der Waals surface area (Å²) in [6.45, 7) is 4.01. The van der Waals surface area contributed by atoms with Gasteiger partial charge >= 0.3 is 0 Å². The molecule has 1 amide bonds. The molecular weight excluding hydrogens is 474 g/mol. The van der Waals surface area contributed by atoms with Gasteiger partial charge in [0.25, 0.3) is 11.6 Å². The van der Waals surface area contributed by atoms with E-state index in [4.69, 9.17) is 21.7 Å². The first-order valence-corrected chi connectivity index (χ1v) is 11.3. The van der Waals surface area contributed by atoms with Crippen LogP contribution in [0.15, 0.2) is 59.6 Å². The zero-order chi connectivity index (χ0) is 24.4. The van der Waals surface area contributed by atoms with Crippen LogP contribution in [0, 0.1) is 24.0 Å². The van der Waals surface area contributed by atoms with Crippen LogP contribution in [-0.2, 0) is 4.79 Å². The molecule has 1 saturated heterocycles. The molecule has 0 unspecified atom stereocenters. The summed E-state index contributed by atoms with van der Waals surface area (Å²) in [5.74, 6) is 0.792. The number of thiocarbonyl (C=S) groups is 1. The standard InChI is InChI=1S/C24H19N3O5S2/c1-14-4-6-17(10-15(14)2)26-23(28)21(34-24(26)33)12-16-5-8-19(20(11-16)31-3)32-22-9-7-18(13-25-22)27(29)30/h4-13H,1-3H3. The highest BCUT2D eigenvalue weighted by molar-refractivity contribution is 8.27. The van der Waals surface area contributed by atoms with Gasteiger partial charge in [-0.1, -0.05) is 36.1 Å². The van der Waals surface area contributed by atoms with Gasteiger partial charge in [0.2, 0.25) is 5.88 Å². The van der Waals surface area contributed by atoms with Crippen molar-refractivity contribution in [2.45, 2.75) is 13.8 Å². The van der Waals surface area contributed by atoms with E-state index in [0.29, 0.717) is 20.7 Å². The number of hydrogen-bond donors (Lipinski definition) is 0. The van der Waals surface area contributed by atoms with E-state index in [9.17, 15) is 14.9 Å². The van der Waals surface area contributed by atoms with Crippen molar-refractivity contribution in [1.82, 2.24) is 4.98 Å². The average molecular weight is 494 g/mol. The van der Waals surface area contributed by atoms with Crippen LogP contribution in [0.5, 0.6) is 17.4 Å². The molecular formula is C24H19N3O5S2. The molecule has 10 heteroatoms. The van der Waals surface area contributed by atoms with E-state index in [1.54, 1.807) is 24.3 Å². The maximum Gasteiger partial charge on any atom is 0.287 e. The lowest BCUT2D eigenvalue weighted by Gasteiger charge is -2.16. The van der Waals surface area contributed by atoms with E-state index in [2.05, 4.69) is 4.98 Å². The lowest BCUT2D eigenvalue weighted by molar-refractivity contribution is -0.385.